The second kappa shape index (κ2) is 5.89. The number of aromatic nitrogens is 2. The molecule has 1 fully saturated rings. The van der Waals surface area contributed by atoms with E-state index in [1.54, 1.807) is 13.3 Å². The van der Waals surface area contributed by atoms with Gasteiger partial charge in [0.05, 0.1) is 24.6 Å². The standard InChI is InChI=1S/C12H20N2O2S/c1-14-9(8-15)7-13-12(14)17-11-5-3-4-10(6-11)16-2/h7,10-11,15H,3-6,8H2,1-2H3. The van der Waals surface area contributed by atoms with E-state index in [-0.39, 0.29) is 6.61 Å². The molecule has 0 radical (unpaired) electrons. The van der Waals surface area contributed by atoms with E-state index >= 15 is 0 Å². The van der Waals surface area contributed by atoms with Crippen molar-refractivity contribution < 1.29 is 9.84 Å². The van der Waals surface area contributed by atoms with Gasteiger partial charge in [0.2, 0.25) is 0 Å². The SMILES string of the molecule is COC1CCCC(Sc2ncc(CO)n2C)C1. The molecule has 0 amide bonds. The van der Waals surface area contributed by atoms with Crippen molar-refractivity contribution in [2.75, 3.05) is 7.11 Å². The molecule has 5 heteroatoms. The Hall–Kier alpha value is -0.520. The first-order chi connectivity index (χ1) is 8.24. The molecule has 96 valence electrons. The van der Waals surface area contributed by atoms with E-state index < -0.39 is 0 Å². The number of aliphatic hydroxyl groups excluding tert-OH is 1. The Morgan fingerprint density at radius 1 is 1.59 bits per heavy atom. The molecule has 4 nitrogen and oxygen atoms in total. The molecule has 0 bridgehead atoms. The van der Waals surface area contributed by atoms with Gasteiger partial charge in [-0.25, -0.2) is 4.98 Å². The first kappa shape index (κ1) is 12.9. The van der Waals surface area contributed by atoms with Gasteiger partial charge in [-0.3, -0.25) is 0 Å². The van der Waals surface area contributed by atoms with E-state index in [0.717, 1.165) is 17.3 Å². The van der Waals surface area contributed by atoms with Crippen LogP contribution in [0, 0.1) is 0 Å². The summed E-state index contributed by atoms with van der Waals surface area (Å²) in [6.07, 6.45) is 6.88. The van der Waals surface area contributed by atoms with Crippen molar-refractivity contribution in [3.05, 3.63) is 11.9 Å². The highest BCUT2D eigenvalue weighted by molar-refractivity contribution is 7.99. The van der Waals surface area contributed by atoms with Crippen LogP contribution < -0.4 is 0 Å². The van der Waals surface area contributed by atoms with Crippen molar-refractivity contribution in [3.8, 4) is 0 Å². The van der Waals surface area contributed by atoms with Gasteiger partial charge in [-0.15, -0.1) is 0 Å². The number of methoxy groups -OCH3 is 1. The minimum absolute atomic E-state index is 0.0510. The van der Waals surface area contributed by atoms with Crippen molar-refractivity contribution in [3.63, 3.8) is 0 Å². The van der Waals surface area contributed by atoms with Gasteiger partial charge >= 0.3 is 0 Å². The normalized spacial score (nSPS) is 25.1. The maximum absolute atomic E-state index is 9.13. The molecule has 1 heterocycles. The molecule has 17 heavy (non-hydrogen) atoms. The van der Waals surface area contributed by atoms with E-state index in [0.29, 0.717) is 11.4 Å². The molecule has 1 aliphatic carbocycles. The Kier molecular flexibility index (Phi) is 4.48. The molecule has 2 rings (SSSR count). The largest absolute Gasteiger partial charge is 0.390 e. The predicted molar refractivity (Wildman–Crippen MR) is 68.0 cm³/mol. The fourth-order valence-corrected chi connectivity index (χ4v) is 3.54. The lowest BCUT2D eigenvalue weighted by Crippen LogP contribution is -2.23. The average Bonchev–Trinajstić information content (AvgIpc) is 2.71. The number of hydrogen-bond acceptors (Lipinski definition) is 4. The number of ether oxygens (including phenoxy) is 1. The number of aliphatic hydroxyl groups is 1. The first-order valence-electron chi connectivity index (χ1n) is 6.05. The summed E-state index contributed by atoms with van der Waals surface area (Å²) in [6, 6.07) is 0. The zero-order valence-electron chi connectivity index (χ0n) is 10.4. The van der Waals surface area contributed by atoms with Crippen LogP contribution in [0.15, 0.2) is 11.4 Å². The van der Waals surface area contributed by atoms with E-state index in [9.17, 15) is 0 Å². The quantitative estimate of drug-likeness (QED) is 0.894. The van der Waals surface area contributed by atoms with Crippen molar-refractivity contribution in [2.24, 2.45) is 7.05 Å². The Bertz CT molecular complexity index is 367. The molecular formula is C12H20N2O2S. The summed E-state index contributed by atoms with van der Waals surface area (Å²) in [5, 5.41) is 10.7. The predicted octanol–water partition coefficient (Wildman–Crippen LogP) is 1.96. The Balaban J connectivity index is 1.97. The molecular weight excluding hydrogens is 236 g/mol. The summed E-state index contributed by atoms with van der Waals surface area (Å²) in [5.41, 5.74) is 0.867. The molecule has 1 N–H and O–H groups in total. The number of hydrogen-bond donors (Lipinski definition) is 1. The Morgan fingerprint density at radius 3 is 3.06 bits per heavy atom. The smallest absolute Gasteiger partial charge is 0.168 e. The van der Waals surface area contributed by atoms with Crippen molar-refractivity contribution >= 4 is 11.8 Å². The van der Waals surface area contributed by atoms with Crippen LogP contribution in [0.4, 0.5) is 0 Å². The molecule has 0 saturated heterocycles. The van der Waals surface area contributed by atoms with Gasteiger partial charge < -0.3 is 14.4 Å². The number of nitrogens with zero attached hydrogens (tertiary/aromatic N) is 2. The lowest BCUT2D eigenvalue weighted by molar-refractivity contribution is 0.0730. The molecule has 1 saturated carbocycles. The number of thioether (sulfide) groups is 1. The van der Waals surface area contributed by atoms with Gasteiger partial charge in [-0.1, -0.05) is 11.8 Å². The third-order valence-corrected chi connectivity index (χ3v) is 4.74. The van der Waals surface area contributed by atoms with Crippen LogP contribution in [-0.4, -0.2) is 33.1 Å². The van der Waals surface area contributed by atoms with Gasteiger partial charge in [0.25, 0.3) is 0 Å². The summed E-state index contributed by atoms with van der Waals surface area (Å²) < 4.78 is 7.41. The molecule has 0 aromatic carbocycles. The highest BCUT2D eigenvalue weighted by atomic mass is 32.2. The maximum Gasteiger partial charge on any atom is 0.168 e. The molecule has 0 aliphatic heterocycles. The molecule has 1 aromatic heterocycles. The van der Waals surface area contributed by atoms with E-state index in [2.05, 4.69) is 4.98 Å². The summed E-state index contributed by atoms with van der Waals surface area (Å²) in [5.74, 6) is 0. The van der Waals surface area contributed by atoms with Crippen LogP contribution in [0.3, 0.4) is 0 Å². The Morgan fingerprint density at radius 2 is 2.41 bits per heavy atom. The second-order valence-corrected chi connectivity index (χ2v) is 5.78. The monoisotopic (exact) mass is 256 g/mol. The zero-order chi connectivity index (χ0) is 12.3. The third-order valence-electron chi connectivity index (χ3n) is 3.39. The number of imidazole rings is 1. The molecule has 2 atom stereocenters. The number of rotatable bonds is 4. The topological polar surface area (TPSA) is 47.3 Å². The van der Waals surface area contributed by atoms with Gasteiger partial charge in [-0.2, -0.15) is 0 Å². The van der Waals surface area contributed by atoms with Crippen molar-refractivity contribution in [1.82, 2.24) is 9.55 Å². The van der Waals surface area contributed by atoms with Gasteiger partial charge in [0.15, 0.2) is 5.16 Å². The molecule has 2 unspecified atom stereocenters. The van der Waals surface area contributed by atoms with Crippen LogP contribution in [0.25, 0.3) is 0 Å². The van der Waals surface area contributed by atoms with Gasteiger partial charge in [0.1, 0.15) is 0 Å². The van der Waals surface area contributed by atoms with Crippen LogP contribution >= 0.6 is 11.8 Å². The van der Waals surface area contributed by atoms with Crippen LogP contribution in [0.5, 0.6) is 0 Å². The fraction of sp³-hybridized carbons (Fsp3) is 0.750. The van der Waals surface area contributed by atoms with E-state index in [1.165, 1.54) is 19.3 Å². The van der Waals surface area contributed by atoms with Crippen molar-refractivity contribution in [2.45, 2.75) is 48.8 Å². The molecule has 1 aliphatic rings. The lowest BCUT2D eigenvalue weighted by atomic mass is 9.97. The minimum Gasteiger partial charge on any atom is -0.390 e. The first-order valence-corrected chi connectivity index (χ1v) is 6.93. The average molecular weight is 256 g/mol. The van der Waals surface area contributed by atoms with Crippen LogP contribution in [0.1, 0.15) is 31.4 Å². The molecule has 1 aromatic rings. The summed E-state index contributed by atoms with van der Waals surface area (Å²) in [6.45, 7) is 0.0510. The third kappa shape index (κ3) is 3.03. The van der Waals surface area contributed by atoms with Crippen LogP contribution in [0.2, 0.25) is 0 Å². The van der Waals surface area contributed by atoms with E-state index in [1.807, 2.05) is 23.4 Å². The van der Waals surface area contributed by atoms with Crippen molar-refractivity contribution in [1.29, 1.82) is 0 Å². The summed E-state index contributed by atoms with van der Waals surface area (Å²) >= 11 is 1.81. The summed E-state index contributed by atoms with van der Waals surface area (Å²) in [7, 11) is 3.75. The second-order valence-electron chi connectivity index (χ2n) is 4.51. The Labute approximate surface area is 106 Å². The highest BCUT2D eigenvalue weighted by Gasteiger charge is 2.23. The van der Waals surface area contributed by atoms with Crippen LogP contribution in [-0.2, 0) is 18.4 Å². The molecule has 0 spiro atoms. The highest BCUT2D eigenvalue weighted by Crippen LogP contribution is 2.34. The maximum atomic E-state index is 9.13. The minimum atomic E-state index is 0.0510. The summed E-state index contributed by atoms with van der Waals surface area (Å²) in [4.78, 5) is 4.36. The van der Waals surface area contributed by atoms with Gasteiger partial charge in [0, 0.05) is 19.4 Å². The fourth-order valence-electron chi connectivity index (χ4n) is 2.25. The van der Waals surface area contributed by atoms with E-state index in [4.69, 9.17) is 9.84 Å². The van der Waals surface area contributed by atoms with Gasteiger partial charge in [-0.05, 0) is 25.7 Å². The zero-order valence-corrected chi connectivity index (χ0v) is 11.2. The lowest BCUT2D eigenvalue weighted by Gasteiger charge is -2.27.